The second-order valence-corrected chi connectivity index (χ2v) is 3.90. The summed E-state index contributed by atoms with van der Waals surface area (Å²) in [6, 6.07) is 0. The number of carbonyl (C=O) groups is 2. The molecule has 0 aliphatic carbocycles. The highest BCUT2D eigenvalue weighted by Gasteiger charge is 2.26. The molecule has 4 heteroatoms. The van der Waals surface area contributed by atoms with Crippen LogP contribution >= 0.6 is 0 Å². The lowest BCUT2D eigenvalue weighted by molar-refractivity contribution is -0.131. The van der Waals surface area contributed by atoms with Crippen molar-refractivity contribution in [3.63, 3.8) is 0 Å². The number of hydrogen-bond acceptors (Lipinski definition) is 3. The van der Waals surface area contributed by atoms with Crippen molar-refractivity contribution in [1.82, 2.24) is 4.90 Å². The lowest BCUT2D eigenvalue weighted by Crippen LogP contribution is -2.42. The first-order valence-corrected chi connectivity index (χ1v) is 5.66. The smallest absolute Gasteiger partial charge is 0.416 e. The zero-order valence-electron chi connectivity index (χ0n) is 9.49. The fourth-order valence-corrected chi connectivity index (χ4v) is 1.71. The van der Waals surface area contributed by atoms with Gasteiger partial charge in [0.05, 0.1) is 6.61 Å². The fraction of sp³-hybridized carbons (Fsp3) is 0.818. The van der Waals surface area contributed by atoms with Crippen molar-refractivity contribution in [2.24, 2.45) is 5.92 Å². The van der Waals surface area contributed by atoms with Crippen molar-refractivity contribution >= 4 is 12.0 Å². The van der Waals surface area contributed by atoms with E-state index in [-0.39, 0.29) is 5.91 Å². The lowest BCUT2D eigenvalue weighted by atomic mass is 9.99. The van der Waals surface area contributed by atoms with Gasteiger partial charge in [-0.3, -0.25) is 4.79 Å². The van der Waals surface area contributed by atoms with E-state index in [0.29, 0.717) is 25.5 Å². The van der Waals surface area contributed by atoms with Gasteiger partial charge in [0, 0.05) is 13.0 Å². The summed E-state index contributed by atoms with van der Waals surface area (Å²) < 4.78 is 4.83. The summed E-state index contributed by atoms with van der Waals surface area (Å²) in [5.74, 6) is 0.292. The Balaban J connectivity index is 2.47. The van der Waals surface area contributed by atoms with Gasteiger partial charge in [-0.05, 0) is 12.3 Å². The normalized spacial score (nSPS) is 16.7. The molecule has 0 spiro atoms. The van der Waals surface area contributed by atoms with Crippen LogP contribution in [0.15, 0.2) is 0 Å². The van der Waals surface area contributed by atoms with E-state index in [9.17, 15) is 9.59 Å². The minimum Gasteiger partial charge on any atom is -0.449 e. The molecule has 0 aromatic carbocycles. The van der Waals surface area contributed by atoms with Crippen LogP contribution in [0.25, 0.3) is 0 Å². The number of amides is 2. The van der Waals surface area contributed by atoms with Crippen molar-refractivity contribution < 1.29 is 14.3 Å². The summed E-state index contributed by atoms with van der Waals surface area (Å²) in [7, 11) is 0. The fourth-order valence-electron chi connectivity index (χ4n) is 1.71. The van der Waals surface area contributed by atoms with Crippen LogP contribution in [0.4, 0.5) is 4.79 Å². The van der Waals surface area contributed by atoms with Gasteiger partial charge in [0.25, 0.3) is 0 Å². The van der Waals surface area contributed by atoms with Gasteiger partial charge >= 0.3 is 6.09 Å². The van der Waals surface area contributed by atoms with Gasteiger partial charge in [-0.1, -0.05) is 26.7 Å². The molecule has 0 saturated carbocycles. The Kier molecular flexibility index (Phi) is 4.59. The van der Waals surface area contributed by atoms with Crippen molar-refractivity contribution in [3.8, 4) is 0 Å². The summed E-state index contributed by atoms with van der Waals surface area (Å²) in [5, 5.41) is 0. The van der Waals surface area contributed by atoms with E-state index in [2.05, 4.69) is 13.8 Å². The summed E-state index contributed by atoms with van der Waals surface area (Å²) in [6.45, 7) is 5.08. The van der Waals surface area contributed by atoms with E-state index < -0.39 is 6.09 Å². The maximum Gasteiger partial charge on any atom is 0.416 e. The Morgan fingerprint density at radius 3 is 2.67 bits per heavy atom. The van der Waals surface area contributed by atoms with E-state index in [4.69, 9.17) is 4.74 Å². The molecule has 1 aliphatic heterocycles. The first-order valence-electron chi connectivity index (χ1n) is 5.66. The largest absolute Gasteiger partial charge is 0.449 e. The standard InChI is InChI=1S/C11H19NO3/c1-3-9(4-2)8-10(13)12-6-5-7-15-11(12)14/h9H,3-8H2,1-2H3. The Morgan fingerprint density at radius 1 is 1.47 bits per heavy atom. The van der Waals surface area contributed by atoms with Gasteiger partial charge in [-0.25, -0.2) is 9.69 Å². The number of ether oxygens (including phenoxy) is 1. The van der Waals surface area contributed by atoms with Gasteiger partial charge in [0.2, 0.25) is 5.91 Å². The van der Waals surface area contributed by atoms with Crippen molar-refractivity contribution in [1.29, 1.82) is 0 Å². The maximum absolute atomic E-state index is 11.8. The van der Waals surface area contributed by atoms with Crippen LogP contribution in [0.3, 0.4) is 0 Å². The SMILES string of the molecule is CCC(CC)CC(=O)N1CCCOC1=O. The summed E-state index contributed by atoms with van der Waals surface area (Å²) >= 11 is 0. The van der Waals surface area contributed by atoms with Crippen LogP contribution in [0.2, 0.25) is 0 Å². The predicted octanol–water partition coefficient (Wildman–Crippen LogP) is 2.18. The van der Waals surface area contributed by atoms with E-state index in [1.165, 1.54) is 4.90 Å². The molecule has 0 bridgehead atoms. The average molecular weight is 213 g/mol. The molecule has 86 valence electrons. The summed E-state index contributed by atoms with van der Waals surface area (Å²) in [6.07, 6.45) is 2.69. The Bertz CT molecular complexity index is 236. The third-order valence-corrected chi connectivity index (χ3v) is 2.89. The Labute approximate surface area is 90.6 Å². The van der Waals surface area contributed by atoms with Gasteiger partial charge in [0.15, 0.2) is 0 Å². The number of imide groups is 1. The molecule has 2 amide bonds. The molecule has 0 atom stereocenters. The van der Waals surface area contributed by atoms with E-state index in [1.54, 1.807) is 0 Å². The minimum atomic E-state index is -0.475. The molecule has 0 radical (unpaired) electrons. The van der Waals surface area contributed by atoms with Crippen molar-refractivity contribution in [2.75, 3.05) is 13.2 Å². The van der Waals surface area contributed by atoms with Crippen molar-refractivity contribution in [3.05, 3.63) is 0 Å². The van der Waals surface area contributed by atoms with Gasteiger partial charge < -0.3 is 4.74 Å². The topological polar surface area (TPSA) is 46.6 Å². The molecule has 0 aromatic heterocycles. The molecule has 0 aromatic rings. The Hall–Kier alpha value is -1.06. The Morgan fingerprint density at radius 2 is 2.13 bits per heavy atom. The number of cyclic esters (lactones) is 1. The summed E-state index contributed by atoms with van der Waals surface area (Å²) in [5.41, 5.74) is 0. The van der Waals surface area contributed by atoms with E-state index in [0.717, 1.165) is 19.3 Å². The van der Waals surface area contributed by atoms with Crippen LogP contribution < -0.4 is 0 Å². The highest BCUT2D eigenvalue weighted by molar-refractivity contribution is 5.92. The molecule has 1 rings (SSSR count). The van der Waals surface area contributed by atoms with E-state index >= 15 is 0 Å². The maximum atomic E-state index is 11.8. The van der Waals surface area contributed by atoms with Gasteiger partial charge in [-0.15, -0.1) is 0 Å². The molecule has 0 unspecified atom stereocenters. The quantitative estimate of drug-likeness (QED) is 0.719. The number of rotatable bonds is 4. The highest BCUT2D eigenvalue weighted by atomic mass is 16.6. The molecule has 4 nitrogen and oxygen atoms in total. The second-order valence-electron chi connectivity index (χ2n) is 3.90. The third-order valence-electron chi connectivity index (χ3n) is 2.89. The molecule has 1 aliphatic rings. The van der Waals surface area contributed by atoms with Gasteiger partial charge in [-0.2, -0.15) is 0 Å². The second kappa shape index (κ2) is 5.73. The third kappa shape index (κ3) is 3.22. The molecule has 1 fully saturated rings. The molecule has 1 saturated heterocycles. The van der Waals surface area contributed by atoms with Crippen LogP contribution in [-0.4, -0.2) is 30.1 Å². The first-order chi connectivity index (χ1) is 7.19. The summed E-state index contributed by atoms with van der Waals surface area (Å²) in [4.78, 5) is 24.3. The predicted molar refractivity (Wildman–Crippen MR) is 56.4 cm³/mol. The van der Waals surface area contributed by atoms with Crippen molar-refractivity contribution in [2.45, 2.75) is 39.5 Å². The van der Waals surface area contributed by atoms with Crippen LogP contribution in [0, 0.1) is 5.92 Å². The zero-order valence-corrected chi connectivity index (χ0v) is 9.49. The minimum absolute atomic E-state index is 0.0894. The van der Waals surface area contributed by atoms with E-state index in [1.807, 2.05) is 0 Å². The van der Waals surface area contributed by atoms with Crippen LogP contribution in [0.1, 0.15) is 39.5 Å². The first kappa shape index (κ1) is 12.0. The molecular formula is C11H19NO3. The monoisotopic (exact) mass is 213 g/mol. The lowest BCUT2D eigenvalue weighted by Gasteiger charge is -2.25. The van der Waals surface area contributed by atoms with Gasteiger partial charge in [0.1, 0.15) is 0 Å². The molecular weight excluding hydrogens is 194 g/mol. The zero-order chi connectivity index (χ0) is 11.3. The molecule has 0 N–H and O–H groups in total. The number of carbonyl (C=O) groups excluding carboxylic acids is 2. The number of hydrogen-bond donors (Lipinski definition) is 0. The average Bonchev–Trinajstić information content (AvgIpc) is 2.26. The number of nitrogens with zero attached hydrogens (tertiary/aromatic N) is 1. The highest BCUT2D eigenvalue weighted by Crippen LogP contribution is 2.16. The van der Waals surface area contributed by atoms with Crippen LogP contribution in [0.5, 0.6) is 0 Å². The molecule has 1 heterocycles. The van der Waals surface area contributed by atoms with Crippen LogP contribution in [-0.2, 0) is 9.53 Å². The molecule has 15 heavy (non-hydrogen) atoms.